The van der Waals surface area contributed by atoms with Crippen molar-refractivity contribution in [3.05, 3.63) is 12.7 Å². The molecule has 0 heterocycles. The first kappa shape index (κ1) is 18.4. The summed E-state index contributed by atoms with van der Waals surface area (Å²) in [6, 6.07) is 0.384. The highest BCUT2D eigenvalue weighted by Crippen LogP contribution is 2.18. The summed E-state index contributed by atoms with van der Waals surface area (Å²) in [5, 5.41) is 0. The van der Waals surface area contributed by atoms with Gasteiger partial charge in [0.25, 0.3) is 11.9 Å². The third-order valence-corrected chi connectivity index (χ3v) is 5.00. The van der Waals surface area contributed by atoms with Crippen LogP contribution in [-0.4, -0.2) is 33.1 Å². The van der Waals surface area contributed by atoms with Crippen LogP contribution in [0.3, 0.4) is 0 Å². The van der Waals surface area contributed by atoms with Gasteiger partial charge >= 0.3 is 14.5 Å². The minimum Gasteiger partial charge on any atom is -0.485 e. The highest BCUT2D eigenvalue weighted by molar-refractivity contribution is 6.69. The monoisotopic (exact) mass is 302 g/mol. The molecule has 0 N–H and O–H groups in total. The van der Waals surface area contributed by atoms with Crippen LogP contribution in [0.15, 0.2) is 12.7 Å². The third kappa shape index (κ3) is 7.73. The van der Waals surface area contributed by atoms with Crippen LogP contribution in [0.1, 0.15) is 33.1 Å². The van der Waals surface area contributed by atoms with Gasteiger partial charge in [-0.3, -0.25) is 9.59 Å². The van der Waals surface area contributed by atoms with Crippen LogP contribution in [0.4, 0.5) is 0 Å². The molecular formula is C13H22O6Si. The lowest BCUT2D eigenvalue weighted by Crippen LogP contribution is -2.42. The van der Waals surface area contributed by atoms with E-state index in [1.807, 2.05) is 0 Å². The first-order valence-corrected chi connectivity index (χ1v) is 9.12. The lowest BCUT2D eigenvalue weighted by Gasteiger charge is -2.25. The van der Waals surface area contributed by atoms with Crippen LogP contribution in [0.2, 0.25) is 12.6 Å². The maximum Gasteiger partial charge on any atom is 0.461 e. The standard InChI is InChI=1S/C13H22O6Si/c1-5-11(14)17-9-8-10-20(4,18-12(15)6-2)19-13(16)7-3/h5H,1,6-10H2,2-4H3. The molecule has 0 unspecified atom stereocenters. The largest absolute Gasteiger partial charge is 0.485 e. The molecule has 0 aliphatic rings. The van der Waals surface area contributed by atoms with Gasteiger partial charge < -0.3 is 13.6 Å². The molecule has 0 spiro atoms. The van der Waals surface area contributed by atoms with Crippen LogP contribution in [-0.2, 0) is 28.0 Å². The van der Waals surface area contributed by atoms with Crippen molar-refractivity contribution >= 4 is 26.5 Å². The van der Waals surface area contributed by atoms with E-state index in [-0.39, 0.29) is 19.4 Å². The fourth-order valence-electron chi connectivity index (χ4n) is 1.37. The molecule has 20 heavy (non-hydrogen) atoms. The van der Waals surface area contributed by atoms with Gasteiger partial charge in [-0.15, -0.1) is 0 Å². The molecule has 0 saturated heterocycles. The number of hydrogen-bond donors (Lipinski definition) is 0. The Morgan fingerprint density at radius 2 is 1.60 bits per heavy atom. The number of hydrogen-bond acceptors (Lipinski definition) is 6. The van der Waals surface area contributed by atoms with Crippen LogP contribution in [0.5, 0.6) is 0 Å². The van der Waals surface area contributed by atoms with E-state index in [9.17, 15) is 14.4 Å². The highest BCUT2D eigenvalue weighted by atomic mass is 28.4. The van der Waals surface area contributed by atoms with Gasteiger partial charge in [0.15, 0.2) is 0 Å². The van der Waals surface area contributed by atoms with E-state index in [0.717, 1.165) is 6.08 Å². The Bertz CT molecular complexity index is 348. The highest BCUT2D eigenvalue weighted by Gasteiger charge is 2.38. The minimum absolute atomic E-state index is 0.167. The Morgan fingerprint density at radius 3 is 2.00 bits per heavy atom. The van der Waals surface area contributed by atoms with Gasteiger partial charge in [-0.05, 0) is 6.42 Å². The average Bonchev–Trinajstić information content (AvgIpc) is 2.42. The van der Waals surface area contributed by atoms with E-state index in [0.29, 0.717) is 12.5 Å². The molecule has 0 rings (SSSR count). The second-order valence-corrected chi connectivity index (χ2v) is 7.44. The molecule has 6 nitrogen and oxygen atoms in total. The van der Waals surface area contributed by atoms with Crippen molar-refractivity contribution in [2.24, 2.45) is 0 Å². The first-order valence-electron chi connectivity index (χ1n) is 6.59. The quantitative estimate of drug-likeness (QED) is 0.281. The van der Waals surface area contributed by atoms with E-state index < -0.39 is 26.5 Å². The molecule has 0 bridgehead atoms. The van der Waals surface area contributed by atoms with Gasteiger partial charge in [-0.25, -0.2) is 4.79 Å². The van der Waals surface area contributed by atoms with Gasteiger partial charge in [0.1, 0.15) is 0 Å². The van der Waals surface area contributed by atoms with Gasteiger partial charge in [-0.2, -0.15) is 0 Å². The van der Waals surface area contributed by atoms with E-state index in [1.54, 1.807) is 20.4 Å². The molecule has 0 aromatic carbocycles. The first-order chi connectivity index (χ1) is 9.36. The summed E-state index contributed by atoms with van der Waals surface area (Å²) in [5.74, 6) is -1.30. The van der Waals surface area contributed by atoms with E-state index in [2.05, 4.69) is 6.58 Å². The van der Waals surface area contributed by atoms with Crippen molar-refractivity contribution < 1.29 is 28.0 Å². The summed E-state index contributed by atoms with van der Waals surface area (Å²) in [6.07, 6.45) is 1.97. The summed E-state index contributed by atoms with van der Waals surface area (Å²) in [7, 11) is -2.92. The summed E-state index contributed by atoms with van der Waals surface area (Å²) >= 11 is 0. The van der Waals surface area contributed by atoms with E-state index >= 15 is 0 Å². The normalized spacial score (nSPS) is 10.6. The average molecular weight is 302 g/mol. The number of rotatable bonds is 9. The molecule has 0 amide bonds. The van der Waals surface area contributed by atoms with Crippen LogP contribution >= 0.6 is 0 Å². The molecule has 0 aliphatic carbocycles. The zero-order chi connectivity index (χ0) is 15.6. The summed E-state index contributed by atoms with van der Waals surface area (Å²) in [6.45, 7) is 8.45. The van der Waals surface area contributed by atoms with Crippen molar-refractivity contribution in [2.75, 3.05) is 6.61 Å². The number of esters is 1. The van der Waals surface area contributed by atoms with Gasteiger partial charge in [0.2, 0.25) is 0 Å². The molecule has 0 radical (unpaired) electrons. The fourth-order valence-corrected chi connectivity index (χ4v) is 3.66. The zero-order valence-electron chi connectivity index (χ0n) is 12.3. The second-order valence-electron chi connectivity index (χ2n) is 4.26. The second kappa shape index (κ2) is 9.30. The Morgan fingerprint density at radius 1 is 1.10 bits per heavy atom. The van der Waals surface area contributed by atoms with Crippen molar-refractivity contribution in [2.45, 2.75) is 45.7 Å². The van der Waals surface area contributed by atoms with Crippen LogP contribution < -0.4 is 0 Å². The third-order valence-electron chi connectivity index (χ3n) is 2.42. The minimum atomic E-state index is -2.92. The molecule has 0 fully saturated rings. The van der Waals surface area contributed by atoms with Crippen molar-refractivity contribution in [1.82, 2.24) is 0 Å². The lowest BCUT2D eigenvalue weighted by molar-refractivity contribution is -0.142. The Kier molecular flexibility index (Phi) is 8.54. The predicted octanol–water partition coefficient (Wildman–Crippen LogP) is 2.08. The summed E-state index contributed by atoms with van der Waals surface area (Å²) in [5.41, 5.74) is 0. The molecule has 0 aromatic rings. The molecular weight excluding hydrogens is 280 g/mol. The Balaban J connectivity index is 4.44. The van der Waals surface area contributed by atoms with Gasteiger partial charge in [0.05, 0.1) is 6.61 Å². The van der Waals surface area contributed by atoms with Crippen LogP contribution in [0.25, 0.3) is 0 Å². The van der Waals surface area contributed by atoms with E-state index in [4.69, 9.17) is 13.6 Å². The van der Waals surface area contributed by atoms with Crippen molar-refractivity contribution in [3.63, 3.8) is 0 Å². The van der Waals surface area contributed by atoms with Crippen molar-refractivity contribution in [3.8, 4) is 0 Å². The molecule has 0 saturated carbocycles. The smallest absolute Gasteiger partial charge is 0.461 e. The summed E-state index contributed by atoms with van der Waals surface area (Å²) < 4.78 is 15.4. The fraction of sp³-hybridized carbons (Fsp3) is 0.615. The number of carbonyl (C=O) groups excluding carboxylic acids is 3. The van der Waals surface area contributed by atoms with E-state index in [1.165, 1.54) is 0 Å². The van der Waals surface area contributed by atoms with Gasteiger partial charge in [0, 0.05) is 31.5 Å². The number of carbonyl (C=O) groups is 3. The summed E-state index contributed by atoms with van der Waals surface area (Å²) in [4.78, 5) is 33.7. The lowest BCUT2D eigenvalue weighted by atomic mass is 10.5. The molecule has 0 atom stereocenters. The topological polar surface area (TPSA) is 78.9 Å². The van der Waals surface area contributed by atoms with Crippen molar-refractivity contribution in [1.29, 1.82) is 0 Å². The van der Waals surface area contributed by atoms with Crippen LogP contribution in [0, 0.1) is 0 Å². The molecule has 7 heteroatoms. The van der Waals surface area contributed by atoms with Gasteiger partial charge in [-0.1, -0.05) is 20.4 Å². The Hall–Kier alpha value is -1.63. The SMILES string of the molecule is C=CC(=O)OCCC[Si](C)(OC(=O)CC)OC(=O)CC. The number of ether oxygens (including phenoxy) is 1. The zero-order valence-corrected chi connectivity index (χ0v) is 13.3. The molecule has 114 valence electrons. The predicted molar refractivity (Wildman–Crippen MR) is 75.0 cm³/mol. The molecule has 0 aliphatic heterocycles. The maximum absolute atomic E-state index is 11.4. The molecule has 0 aromatic heterocycles. The Labute approximate surface area is 120 Å². The maximum atomic E-state index is 11.4.